The lowest BCUT2D eigenvalue weighted by atomic mass is 9.20. The standard InChI is InChI=1S/C36H58B20F4N4O2S/c1-3-62(4-2)35(53,54)36(55,56)64(32(49,50)16-23(41)19(37)14(20(38)24(16)42)15-21(39)25(43)17(33(58,59)60)26(44)22(15)40)13(65)9-63-27-18(30(45,46)34(51,52)31(27,47)48)28(66)61-29(63)67-10-11-5-7-12(57)8-6-11/h5-8H,3-4,9-10,37-56H2,1-2H3. The van der Waals surface area contributed by atoms with Gasteiger partial charge in [-0.3, -0.25) is 9.59 Å². The van der Waals surface area contributed by atoms with Gasteiger partial charge in [-0.25, -0.2) is 4.39 Å². The molecule has 67 heavy (non-hydrogen) atoms. The van der Waals surface area contributed by atoms with Gasteiger partial charge in [0, 0.05) is 27.9 Å². The third kappa shape index (κ3) is 8.72. The van der Waals surface area contributed by atoms with Crippen molar-refractivity contribution in [2.75, 3.05) is 13.1 Å². The second-order valence-corrected chi connectivity index (χ2v) is 23.3. The molecule has 31 heteroatoms. The summed E-state index contributed by atoms with van der Waals surface area (Å²) < 4.78 is 59.5. The predicted octanol–water partition coefficient (Wildman–Crippen LogP) is -19.3. The van der Waals surface area contributed by atoms with E-state index in [-0.39, 0.29) is 34.8 Å². The number of likely N-dealkylation sites (N-methyl/N-ethyl adjacent to an activating group) is 1. The molecule has 0 fully saturated rings. The Kier molecular flexibility index (Phi) is 15.3. The fraction of sp³-hybridized carbons (Fsp3) is 0.361. The zero-order valence-electron chi connectivity index (χ0n) is 44.7. The molecule has 1 aliphatic carbocycles. The highest BCUT2D eigenvalue weighted by atomic mass is 32.2. The Morgan fingerprint density at radius 1 is 0.687 bits per heavy atom. The van der Waals surface area contributed by atoms with Crippen molar-refractivity contribution in [3.05, 3.63) is 68.4 Å². The molecule has 5 rings (SSSR count). The minimum Gasteiger partial charge on any atom is -0.357 e. The topological polar surface area (TPSA) is 58.4 Å². The molecule has 3 aromatic carbocycles. The maximum Gasteiger partial charge on any atom is 0.415 e. The van der Waals surface area contributed by atoms with Crippen molar-refractivity contribution in [2.45, 2.75) is 69.1 Å². The third-order valence-corrected chi connectivity index (χ3v) is 18.9. The minimum absolute atomic E-state index is 0.102. The Bertz CT molecular complexity index is 2660. The Balaban J connectivity index is 1.84. The van der Waals surface area contributed by atoms with Gasteiger partial charge in [0.05, 0.1) is 15.7 Å². The summed E-state index contributed by atoms with van der Waals surface area (Å²) in [6, 6.07) is 6.29. The number of carbonyl (C=O) groups is 1. The number of aromatic nitrogens is 2. The van der Waals surface area contributed by atoms with Gasteiger partial charge >= 0.3 is 6.18 Å². The molecule has 328 valence electrons. The third-order valence-electron chi connectivity index (χ3n) is 17.9. The van der Waals surface area contributed by atoms with E-state index in [4.69, 9.17) is 4.98 Å². The fourth-order valence-electron chi connectivity index (χ4n) is 12.2. The van der Waals surface area contributed by atoms with E-state index >= 15 is 4.79 Å². The molecular weight excluding hydrogens is 845 g/mol. The van der Waals surface area contributed by atoms with Crippen molar-refractivity contribution in [3.63, 3.8) is 0 Å². The van der Waals surface area contributed by atoms with Gasteiger partial charge in [-0.1, -0.05) is 103 Å². The molecule has 6 nitrogen and oxygen atoms in total. The van der Waals surface area contributed by atoms with Crippen LogP contribution in [0, 0.1) is 5.82 Å². The van der Waals surface area contributed by atoms with Crippen molar-refractivity contribution in [1.29, 1.82) is 0 Å². The number of hydrogen-bond donors (Lipinski definition) is 0. The number of rotatable bonds is 13. The number of amides is 1. The smallest absolute Gasteiger partial charge is 0.357 e. The summed E-state index contributed by atoms with van der Waals surface area (Å²) in [4.78, 5) is 40.0. The van der Waals surface area contributed by atoms with E-state index in [0.717, 1.165) is 62.9 Å². The van der Waals surface area contributed by atoms with E-state index < -0.39 is 43.4 Å². The highest BCUT2D eigenvalue weighted by Crippen LogP contribution is 2.57. The lowest BCUT2D eigenvalue weighted by molar-refractivity contribution is -0.137. The monoisotopic (exact) mass is 907 g/mol. The summed E-state index contributed by atoms with van der Waals surface area (Å²) in [7, 11) is 40.8. The van der Waals surface area contributed by atoms with Crippen molar-refractivity contribution < 1.29 is 22.4 Å². The van der Waals surface area contributed by atoms with Crippen LogP contribution >= 0.6 is 11.8 Å². The summed E-state index contributed by atoms with van der Waals surface area (Å²) in [6.07, 6.45) is -4.48. The highest BCUT2D eigenvalue weighted by Gasteiger charge is 2.59. The maximum absolute atomic E-state index is 16.3. The van der Waals surface area contributed by atoms with Gasteiger partial charge in [0.25, 0.3) is 5.56 Å². The van der Waals surface area contributed by atoms with Gasteiger partial charge in [0.1, 0.15) is 154 Å². The van der Waals surface area contributed by atoms with Crippen LogP contribution in [-0.4, -0.2) is 206 Å². The zero-order chi connectivity index (χ0) is 51.3. The summed E-state index contributed by atoms with van der Waals surface area (Å²) in [6.45, 7) is 5.68. The van der Waals surface area contributed by atoms with Gasteiger partial charge in [-0.15, -0.1) is 0 Å². The summed E-state index contributed by atoms with van der Waals surface area (Å²) in [5, 5.41) is -3.51. The molecule has 0 spiro atoms. The second kappa shape index (κ2) is 18.5. The summed E-state index contributed by atoms with van der Waals surface area (Å²) >= 11 is 1.37. The van der Waals surface area contributed by atoms with E-state index in [9.17, 15) is 22.4 Å². The molecule has 0 atom stereocenters. The first-order valence-electron chi connectivity index (χ1n) is 23.8. The van der Waals surface area contributed by atoms with Crippen molar-refractivity contribution in [2.24, 2.45) is 0 Å². The predicted molar refractivity (Wildman–Crippen MR) is 332 cm³/mol. The van der Waals surface area contributed by atoms with Crippen molar-refractivity contribution in [3.8, 4) is 11.1 Å². The van der Waals surface area contributed by atoms with Crippen LogP contribution in [0.3, 0.4) is 0 Å². The second-order valence-electron chi connectivity index (χ2n) is 22.4. The quantitative estimate of drug-likeness (QED) is 0.0579. The van der Waals surface area contributed by atoms with Crippen LogP contribution in [0.2, 0.25) is 5.21 Å². The van der Waals surface area contributed by atoms with Crippen molar-refractivity contribution in [1.82, 2.24) is 19.4 Å². The van der Waals surface area contributed by atoms with E-state index in [1.54, 1.807) is 43.5 Å². The molecule has 1 heterocycles. The number of fused-ring (bicyclic) bond motifs is 1. The molecule has 0 saturated carbocycles. The molecule has 0 unspecified atom stereocenters. The lowest BCUT2D eigenvalue weighted by Crippen LogP contribution is -2.78. The molecule has 1 amide bonds. The van der Waals surface area contributed by atoms with Crippen LogP contribution < -0.4 is 49.3 Å². The van der Waals surface area contributed by atoms with Gasteiger partial charge < -0.3 is 14.4 Å². The number of hydrogen-bond acceptors (Lipinski definition) is 5. The first-order valence-corrected chi connectivity index (χ1v) is 24.8. The molecule has 0 bridgehead atoms. The Morgan fingerprint density at radius 3 is 1.54 bits per heavy atom. The highest BCUT2D eigenvalue weighted by molar-refractivity contribution is 7.98. The van der Waals surface area contributed by atoms with Crippen LogP contribution in [0.1, 0.15) is 41.8 Å². The van der Waals surface area contributed by atoms with E-state index in [0.29, 0.717) is 27.4 Å². The molecule has 0 saturated heterocycles. The van der Waals surface area contributed by atoms with Gasteiger partial charge in [-0.2, -0.15) is 18.2 Å². The molecule has 0 radical (unpaired) electrons. The van der Waals surface area contributed by atoms with Crippen LogP contribution in [0.15, 0.2) is 34.2 Å². The van der Waals surface area contributed by atoms with Gasteiger partial charge in [0.15, 0.2) is 5.16 Å². The number of benzene rings is 3. The molecule has 0 N–H and O–H groups in total. The number of thioether (sulfide) groups is 1. The molecule has 1 aromatic heterocycles. The molecular formula is C36H58B20F4N4O2S. The normalized spacial score (nSPS) is 15.6. The van der Waals surface area contributed by atoms with Gasteiger partial charge in [0.2, 0.25) is 5.91 Å². The fourth-order valence-corrected chi connectivity index (χ4v) is 13.1. The average Bonchev–Trinajstić information content (AvgIpc) is 3.31. The number of carbonyl (C=O) groups excluding carboxylic acids is 1. The maximum atomic E-state index is 16.3. The SMILES string of the molecule is Bc1c(B)c(C(F)(F)F)c(B)c(B)c1-c1c(B)c(B)c(C(B)(B)N(C(=O)Cn2c(SCc3ccc(F)cc3)nc(=O)c3c2C(B)(B)C(B)(B)C3(B)B)C(B)(B)C(B)(B)N(CC)CC)c(B)c1B. The van der Waals surface area contributed by atoms with Crippen molar-refractivity contribution >= 4 is 218 Å². The zero-order valence-corrected chi connectivity index (χ0v) is 45.5. The Hall–Kier alpha value is -2.66. The van der Waals surface area contributed by atoms with E-state index in [1.165, 1.54) is 23.9 Å². The summed E-state index contributed by atoms with van der Waals surface area (Å²) in [5.41, 5.74) is 9.66. The van der Waals surface area contributed by atoms with Gasteiger partial charge in [-0.05, 0) is 52.6 Å². The average molecular weight is 903 g/mol. The van der Waals surface area contributed by atoms with Crippen LogP contribution in [-0.2, 0) is 39.0 Å². The molecule has 0 aliphatic heterocycles. The minimum atomic E-state index is -4.48. The van der Waals surface area contributed by atoms with Crippen LogP contribution in [0.25, 0.3) is 11.1 Å². The number of nitrogens with zero attached hydrogens (tertiary/aromatic N) is 4. The Labute approximate surface area is 419 Å². The molecule has 4 aromatic rings. The molecule has 1 aliphatic rings. The summed E-state index contributed by atoms with van der Waals surface area (Å²) in [5.74, 6) is -0.0803. The lowest BCUT2D eigenvalue weighted by Gasteiger charge is -2.61. The van der Waals surface area contributed by atoms with E-state index in [2.05, 4.69) is 149 Å². The van der Waals surface area contributed by atoms with E-state index in [1.807, 2.05) is 4.57 Å². The first-order chi connectivity index (χ1) is 30.4. The largest absolute Gasteiger partial charge is 0.415 e. The first kappa shape index (κ1) is 55.3. The van der Waals surface area contributed by atoms with Crippen LogP contribution in [0.4, 0.5) is 17.6 Å². The van der Waals surface area contributed by atoms with Crippen LogP contribution in [0.5, 0.6) is 0 Å². The number of halogens is 4. The number of alkyl halides is 3. The Morgan fingerprint density at radius 2 is 1.12 bits per heavy atom.